The normalized spacial score (nSPS) is 12.3. The van der Waals surface area contributed by atoms with E-state index < -0.39 is 0 Å². The SMILES string of the molecule is CCC(Nc1cccc(NC(C)=O)c1)C(C)C. The number of carbonyl (C=O) groups excluding carboxylic acids is 1. The summed E-state index contributed by atoms with van der Waals surface area (Å²) >= 11 is 0. The number of carbonyl (C=O) groups is 1. The van der Waals surface area contributed by atoms with Crippen molar-refractivity contribution in [3.8, 4) is 0 Å². The summed E-state index contributed by atoms with van der Waals surface area (Å²) in [6, 6.07) is 8.29. The number of hydrogen-bond acceptors (Lipinski definition) is 2. The molecular weight excluding hydrogens is 212 g/mol. The van der Waals surface area contributed by atoms with Gasteiger partial charge in [0.05, 0.1) is 0 Å². The van der Waals surface area contributed by atoms with E-state index in [9.17, 15) is 4.79 Å². The molecular formula is C14H22N2O. The van der Waals surface area contributed by atoms with Gasteiger partial charge < -0.3 is 10.6 Å². The lowest BCUT2D eigenvalue weighted by atomic mass is 10.0. The molecule has 0 saturated carbocycles. The van der Waals surface area contributed by atoms with Gasteiger partial charge in [0, 0.05) is 24.3 Å². The zero-order chi connectivity index (χ0) is 12.8. The lowest BCUT2D eigenvalue weighted by Gasteiger charge is -2.22. The van der Waals surface area contributed by atoms with Gasteiger partial charge in [0.2, 0.25) is 5.91 Å². The van der Waals surface area contributed by atoms with Crippen molar-refractivity contribution in [1.82, 2.24) is 0 Å². The third-order valence-electron chi connectivity index (χ3n) is 2.78. The number of amides is 1. The molecule has 1 atom stereocenters. The average molecular weight is 234 g/mol. The number of anilines is 2. The number of rotatable bonds is 5. The highest BCUT2D eigenvalue weighted by Gasteiger charge is 2.10. The molecule has 2 N–H and O–H groups in total. The number of benzene rings is 1. The van der Waals surface area contributed by atoms with Gasteiger partial charge in [0.1, 0.15) is 0 Å². The molecule has 0 heterocycles. The smallest absolute Gasteiger partial charge is 0.221 e. The zero-order valence-electron chi connectivity index (χ0n) is 11.1. The Balaban J connectivity index is 2.74. The Morgan fingerprint density at radius 3 is 2.47 bits per heavy atom. The van der Waals surface area contributed by atoms with Crippen molar-refractivity contribution in [1.29, 1.82) is 0 Å². The van der Waals surface area contributed by atoms with Crippen LogP contribution in [0.15, 0.2) is 24.3 Å². The van der Waals surface area contributed by atoms with Crippen molar-refractivity contribution in [3.63, 3.8) is 0 Å². The maximum atomic E-state index is 11.0. The van der Waals surface area contributed by atoms with Gasteiger partial charge in [-0.1, -0.05) is 26.8 Å². The van der Waals surface area contributed by atoms with Gasteiger partial charge >= 0.3 is 0 Å². The Labute approximate surface area is 104 Å². The molecule has 1 aromatic carbocycles. The molecule has 17 heavy (non-hydrogen) atoms. The molecule has 3 heteroatoms. The van der Waals surface area contributed by atoms with E-state index in [-0.39, 0.29) is 5.91 Å². The molecule has 0 bridgehead atoms. The highest BCUT2D eigenvalue weighted by atomic mass is 16.1. The first-order valence-electron chi connectivity index (χ1n) is 6.17. The van der Waals surface area contributed by atoms with Crippen molar-refractivity contribution < 1.29 is 4.79 Å². The van der Waals surface area contributed by atoms with E-state index in [1.54, 1.807) is 0 Å². The second kappa shape index (κ2) is 6.28. The average Bonchev–Trinajstić information content (AvgIpc) is 2.25. The fraction of sp³-hybridized carbons (Fsp3) is 0.500. The van der Waals surface area contributed by atoms with E-state index in [2.05, 4.69) is 31.4 Å². The van der Waals surface area contributed by atoms with Gasteiger partial charge in [-0.25, -0.2) is 0 Å². The van der Waals surface area contributed by atoms with Crippen LogP contribution in [0.4, 0.5) is 11.4 Å². The van der Waals surface area contributed by atoms with Gasteiger partial charge in [0.25, 0.3) is 0 Å². The van der Waals surface area contributed by atoms with Gasteiger partial charge in [-0.05, 0) is 30.5 Å². The van der Waals surface area contributed by atoms with E-state index in [0.717, 1.165) is 17.8 Å². The predicted octanol–water partition coefficient (Wildman–Crippen LogP) is 3.49. The largest absolute Gasteiger partial charge is 0.382 e. The van der Waals surface area contributed by atoms with Crippen LogP contribution in [0.1, 0.15) is 34.1 Å². The molecule has 0 aliphatic rings. The summed E-state index contributed by atoms with van der Waals surface area (Å²) in [6.45, 7) is 8.11. The molecule has 94 valence electrons. The van der Waals surface area contributed by atoms with Crippen molar-refractivity contribution >= 4 is 17.3 Å². The number of hydrogen-bond donors (Lipinski definition) is 2. The summed E-state index contributed by atoms with van der Waals surface area (Å²) in [7, 11) is 0. The maximum absolute atomic E-state index is 11.0. The number of nitrogens with one attached hydrogen (secondary N) is 2. The topological polar surface area (TPSA) is 41.1 Å². The van der Waals surface area contributed by atoms with Crippen molar-refractivity contribution in [2.24, 2.45) is 5.92 Å². The summed E-state index contributed by atoms with van der Waals surface area (Å²) in [5, 5.41) is 6.28. The van der Waals surface area contributed by atoms with Gasteiger partial charge in [-0.2, -0.15) is 0 Å². The van der Waals surface area contributed by atoms with Gasteiger partial charge in [0.15, 0.2) is 0 Å². The minimum absolute atomic E-state index is 0.0435. The van der Waals surface area contributed by atoms with E-state index in [0.29, 0.717) is 12.0 Å². The fourth-order valence-electron chi connectivity index (χ4n) is 1.84. The van der Waals surface area contributed by atoms with Crippen LogP contribution in [-0.4, -0.2) is 11.9 Å². The van der Waals surface area contributed by atoms with E-state index in [1.165, 1.54) is 6.92 Å². The summed E-state index contributed by atoms with van der Waals surface area (Å²) in [6.07, 6.45) is 1.09. The third kappa shape index (κ3) is 4.47. The van der Waals surface area contributed by atoms with E-state index in [4.69, 9.17) is 0 Å². The van der Waals surface area contributed by atoms with Crippen LogP contribution in [-0.2, 0) is 4.79 Å². The summed E-state index contributed by atoms with van der Waals surface area (Å²) in [4.78, 5) is 11.0. The monoisotopic (exact) mass is 234 g/mol. The molecule has 0 saturated heterocycles. The molecule has 0 aromatic heterocycles. The molecule has 0 aliphatic carbocycles. The molecule has 1 amide bonds. The summed E-state index contributed by atoms with van der Waals surface area (Å²) < 4.78 is 0. The van der Waals surface area contributed by atoms with Crippen molar-refractivity contribution in [2.75, 3.05) is 10.6 Å². The summed E-state index contributed by atoms with van der Waals surface area (Å²) in [5.41, 5.74) is 1.89. The van der Waals surface area contributed by atoms with E-state index >= 15 is 0 Å². The zero-order valence-corrected chi connectivity index (χ0v) is 11.1. The lowest BCUT2D eigenvalue weighted by molar-refractivity contribution is -0.114. The molecule has 1 unspecified atom stereocenters. The van der Waals surface area contributed by atoms with Crippen LogP contribution in [0.5, 0.6) is 0 Å². The minimum Gasteiger partial charge on any atom is -0.382 e. The Bertz CT molecular complexity index is 374. The molecule has 3 nitrogen and oxygen atoms in total. The Kier molecular flexibility index (Phi) is 5.01. The molecule has 0 radical (unpaired) electrons. The van der Waals surface area contributed by atoms with Crippen LogP contribution in [0.2, 0.25) is 0 Å². The van der Waals surface area contributed by atoms with Crippen LogP contribution in [0, 0.1) is 5.92 Å². The second-order valence-electron chi connectivity index (χ2n) is 4.67. The lowest BCUT2D eigenvalue weighted by Crippen LogP contribution is -2.24. The van der Waals surface area contributed by atoms with Crippen molar-refractivity contribution in [3.05, 3.63) is 24.3 Å². The molecule has 1 rings (SSSR count). The minimum atomic E-state index is -0.0435. The molecule has 1 aromatic rings. The third-order valence-corrected chi connectivity index (χ3v) is 2.78. The van der Waals surface area contributed by atoms with Crippen LogP contribution in [0.3, 0.4) is 0 Å². The molecule has 0 fully saturated rings. The highest BCUT2D eigenvalue weighted by molar-refractivity contribution is 5.89. The first-order chi connectivity index (χ1) is 8.02. The van der Waals surface area contributed by atoms with Crippen molar-refractivity contribution in [2.45, 2.75) is 40.2 Å². The van der Waals surface area contributed by atoms with Gasteiger partial charge in [-0.3, -0.25) is 4.79 Å². The fourth-order valence-corrected chi connectivity index (χ4v) is 1.84. The first kappa shape index (κ1) is 13.6. The Morgan fingerprint density at radius 1 is 1.29 bits per heavy atom. The van der Waals surface area contributed by atoms with E-state index in [1.807, 2.05) is 24.3 Å². The first-order valence-corrected chi connectivity index (χ1v) is 6.17. The standard InChI is InChI=1S/C14H22N2O/c1-5-14(10(2)3)16-13-8-6-7-12(9-13)15-11(4)17/h6-10,14,16H,5H2,1-4H3,(H,15,17). The van der Waals surface area contributed by atoms with Crippen LogP contribution in [0.25, 0.3) is 0 Å². The van der Waals surface area contributed by atoms with Crippen LogP contribution >= 0.6 is 0 Å². The maximum Gasteiger partial charge on any atom is 0.221 e. The Morgan fingerprint density at radius 2 is 1.94 bits per heavy atom. The quantitative estimate of drug-likeness (QED) is 0.818. The predicted molar refractivity (Wildman–Crippen MR) is 73.3 cm³/mol. The highest BCUT2D eigenvalue weighted by Crippen LogP contribution is 2.19. The molecule has 0 aliphatic heterocycles. The Hall–Kier alpha value is -1.51. The van der Waals surface area contributed by atoms with Gasteiger partial charge in [-0.15, -0.1) is 0 Å². The van der Waals surface area contributed by atoms with Crippen LogP contribution < -0.4 is 10.6 Å². The molecule has 0 spiro atoms. The second-order valence-corrected chi connectivity index (χ2v) is 4.67. The summed E-state index contributed by atoms with van der Waals surface area (Å²) in [5.74, 6) is 0.544.